The molecule has 0 saturated carbocycles. The molecule has 0 fully saturated rings. The number of alkyl halides is 3. The zero-order valence-corrected chi connectivity index (χ0v) is 21.9. The lowest BCUT2D eigenvalue weighted by molar-refractivity contribution is -0.137. The van der Waals surface area contributed by atoms with Crippen LogP contribution in [-0.4, -0.2) is 52.7 Å². The van der Waals surface area contributed by atoms with E-state index < -0.39 is 11.7 Å². The van der Waals surface area contributed by atoms with E-state index in [-0.39, 0.29) is 28.6 Å². The number of halogens is 5. The van der Waals surface area contributed by atoms with Crippen molar-refractivity contribution in [3.8, 4) is 0 Å². The summed E-state index contributed by atoms with van der Waals surface area (Å²) in [5.74, 6) is -0.516. The summed E-state index contributed by atoms with van der Waals surface area (Å²) in [7, 11) is 4.76. The third kappa shape index (κ3) is 5.27. The van der Waals surface area contributed by atoms with Gasteiger partial charge in [0.15, 0.2) is 0 Å². The maximum atomic E-state index is 12.9. The van der Waals surface area contributed by atoms with Crippen molar-refractivity contribution in [2.45, 2.75) is 19.3 Å². The van der Waals surface area contributed by atoms with Crippen LogP contribution in [-0.2, 0) is 19.3 Å². The molecule has 2 aromatic carbocycles. The number of nitrogens with two attached hydrogens (primary N) is 1. The number of rotatable bonds is 3. The van der Waals surface area contributed by atoms with Crippen molar-refractivity contribution in [3.63, 3.8) is 0 Å². The monoisotopic (exact) mass is 567 g/mol. The minimum atomic E-state index is -4.56. The van der Waals surface area contributed by atoms with Gasteiger partial charge in [-0.05, 0) is 35.4 Å². The van der Waals surface area contributed by atoms with Gasteiger partial charge in [-0.25, -0.2) is 4.98 Å². The van der Waals surface area contributed by atoms with Crippen molar-refractivity contribution in [2.24, 2.45) is 0 Å². The summed E-state index contributed by atoms with van der Waals surface area (Å²) >= 11 is 12.0. The Kier molecular flexibility index (Phi) is 7.31. The van der Waals surface area contributed by atoms with Crippen LogP contribution in [0.25, 0.3) is 0 Å². The van der Waals surface area contributed by atoms with Crippen molar-refractivity contribution < 1.29 is 22.8 Å². The summed E-state index contributed by atoms with van der Waals surface area (Å²) in [4.78, 5) is 34.1. The molecule has 1 aromatic heterocycles. The fourth-order valence-electron chi connectivity index (χ4n) is 4.04. The van der Waals surface area contributed by atoms with Crippen molar-refractivity contribution in [1.82, 2.24) is 19.8 Å². The van der Waals surface area contributed by atoms with Crippen LogP contribution in [0, 0.1) is 0 Å². The quantitative estimate of drug-likeness (QED) is 0.380. The number of fused-ring (bicyclic) bond motifs is 2. The first-order valence-electron chi connectivity index (χ1n) is 11.1. The predicted octanol–water partition coefficient (Wildman–Crippen LogP) is 5.03. The molecule has 38 heavy (non-hydrogen) atoms. The van der Waals surface area contributed by atoms with Crippen molar-refractivity contribution in [3.05, 3.63) is 68.3 Å². The molecule has 0 bridgehead atoms. The average molecular weight is 568 g/mol. The highest BCUT2D eigenvalue weighted by atomic mass is 35.5. The number of amides is 2. The molecule has 2 amide bonds. The number of benzene rings is 2. The van der Waals surface area contributed by atoms with E-state index in [0.29, 0.717) is 46.8 Å². The maximum Gasteiger partial charge on any atom is 0.421 e. The second-order valence-electron chi connectivity index (χ2n) is 8.67. The Hall–Kier alpha value is -3.77. The van der Waals surface area contributed by atoms with Gasteiger partial charge < -0.3 is 26.2 Å². The van der Waals surface area contributed by atoms with E-state index >= 15 is 0 Å². The number of hydrogen-bond donors (Lipinski definition) is 3. The Balaban J connectivity index is 0.000000216. The molecule has 4 N–H and O–H groups in total. The maximum absolute atomic E-state index is 12.9. The summed E-state index contributed by atoms with van der Waals surface area (Å²) in [6.07, 6.45) is -3.87. The number of nitrogens with one attached hydrogen (secondary N) is 2. The highest BCUT2D eigenvalue weighted by molar-refractivity contribution is 6.34. The SMILES string of the molecule is CN1Cc2cc(N)c(Cl)cc2C1=O.CNc1nc(Nc2cc3c(cc2Cl)C(=O)N(C)C3)ncc1C(F)(F)F. The predicted molar refractivity (Wildman–Crippen MR) is 139 cm³/mol. The molecule has 3 aromatic rings. The zero-order valence-electron chi connectivity index (χ0n) is 20.4. The third-order valence-electron chi connectivity index (χ3n) is 5.96. The third-order valence-corrected chi connectivity index (χ3v) is 6.60. The van der Waals surface area contributed by atoms with Crippen LogP contribution in [0.2, 0.25) is 10.0 Å². The molecule has 0 saturated heterocycles. The molecule has 200 valence electrons. The summed E-state index contributed by atoms with van der Waals surface area (Å²) < 4.78 is 38.7. The highest BCUT2D eigenvalue weighted by Gasteiger charge is 2.35. The van der Waals surface area contributed by atoms with Gasteiger partial charge in [0.25, 0.3) is 11.8 Å². The molecule has 14 heteroatoms. The minimum Gasteiger partial charge on any atom is -0.398 e. The van der Waals surface area contributed by atoms with Gasteiger partial charge in [0.1, 0.15) is 11.4 Å². The minimum absolute atomic E-state index is 0.0110. The van der Waals surface area contributed by atoms with Gasteiger partial charge in [-0.15, -0.1) is 0 Å². The number of hydrogen-bond acceptors (Lipinski definition) is 7. The number of anilines is 4. The Labute approximate surface area is 225 Å². The van der Waals surface area contributed by atoms with Crippen LogP contribution < -0.4 is 16.4 Å². The number of carbonyl (C=O) groups is 2. The summed E-state index contributed by atoms with van der Waals surface area (Å²) in [6, 6.07) is 6.59. The number of nitrogens with zero attached hydrogens (tertiary/aromatic N) is 4. The van der Waals surface area contributed by atoms with E-state index in [2.05, 4.69) is 20.6 Å². The molecule has 0 spiro atoms. The lowest BCUT2D eigenvalue weighted by Gasteiger charge is -2.13. The van der Waals surface area contributed by atoms with Gasteiger partial charge in [-0.2, -0.15) is 18.2 Å². The molecule has 0 atom stereocenters. The standard InChI is InChI=1S/C15H13ClF3N5O.C9H9ClN2O/c1-20-12-9(15(17,18)19)5-21-14(23-12)22-11-3-7-6-24(2)13(25)8(7)4-10(11)16;1-12-4-5-2-8(11)7(10)3-6(5)9(12)13/h3-5H,6H2,1-2H3,(H2,20,21,22,23);2-3H,4,11H2,1H3. The molecule has 0 aliphatic carbocycles. The van der Waals surface area contributed by atoms with Gasteiger partial charge in [-0.1, -0.05) is 23.2 Å². The second kappa shape index (κ2) is 10.2. The van der Waals surface area contributed by atoms with E-state index in [1.807, 2.05) is 0 Å². The van der Waals surface area contributed by atoms with Crippen molar-refractivity contribution in [1.29, 1.82) is 0 Å². The van der Waals surface area contributed by atoms with E-state index in [1.54, 1.807) is 42.1 Å². The average Bonchev–Trinajstić information content (AvgIpc) is 3.28. The fraction of sp³-hybridized carbons (Fsp3) is 0.250. The highest BCUT2D eigenvalue weighted by Crippen LogP contribution is 2.36. The Morgan fingerprint density at radius 3 is 2.05 bits per heavy atom. The molecule has 9 nitrogen and oxygen atoms in total. The van der Waals surface area contributed by atoms with Crippen molar-refractivity contribution in [2.75, 3.05) is 37.5 Å². The van der Waals surface area contributed by atoms with E-state index in [4.69, 9.17) is 28.9 Å². The molecular weight excluding hydrogens is 546 g/mol. The molecule has 5 rings (SSSR count). The van der Waals surface area contributed by atoms with Crippen molar-refractivity contribution >= 4 is 58.2 Å². The van der Waals surface area contributed by atoms with Gasteiger partial charge in [-0.3, -0.25) is 9.59 Å². The summed E-state index contributed by atoms with van der Waals surface area (Å²) in [5, 5.41) is 5.89. The summed E-state index contributed by atoms with van der Waals surface area (Å²) in [5.41, 5.74) is 8.48. The first kappa shape index (κ1) is 27.3. The lowest BCUT2D eigenvalue weighted by atomic mass is 10.1. The number of nitrogen functional groups attached to an aromatic ring is 1. The molecule has 0 unspecified atom stereocenters. The van der Waals surface area contributed by atoms with Crippen LogP contribution in [0.3, 0.4) is 0 Å². The van der Waals surface area contributed by atoms with Gasteiger partial charge in [0.05, 0.1) is 21.4 Å². The smallest absolute Gasteiger partial charge is 0.398 e. The van der Waals surface area contributed by atoms with Crippen LogP contribution in [0.4, 0.5) is 36.3 Å². The number of aromatic nitrogens is 2. The van der Waals surface area contributed by atoms with Gasteiger partial charge in [0.2, 0.25) is 5.95 Å². The topological polar surface area (TPSA) is 116 Å². The molecule has 2 aliphatic rings. The van der Waals surface area contributed by atoms with Gasteiger partial charge in [0, 0.05) is 51.6 Å². The Morgan fingerprint density at radius 1 is 0.947 bits per heavy atom. The Morgan fingerprint density at radius 2 is 1.50 bits per heavy atom. The largest absolute Gasteiger partial charge is 0.421 e. The molecule has 3 heterocycles. The van der Waals surface area contributed by atoms with Crippen LogP contribution in [0.5, 0.6) is 0 Å². The van der Waals surface area contributed by atoms with Gasteiger partial charge >= 0.3 is 6.18 Å². The summed E-state index contributed by atoms with van der Waals surface area (Å²) in [6.45, 7) is 1.05. The van der Waals surface area contributed by atoms with Crippen LogP contribution in [0.15, 0.2) is 30.5 Å². The molecule has 0 radical (unpaired) electrons. The van der Waals surface area contributed by atoms with Crippen LogP contribution in [0.1, 0.15) is 37.4 Å². The first-order chi connectivity index (χ1) is 17.8. The fourth-order valence-corrected chi connectivity index (χ4v) is 4.41. The van der Waals surface area contributed by atoms with Crippen LogP contribution >= 0.6 is 23.2 Å². The second-order valence-corrected chi connectivity index (χ2v) is 9.49. The number of carbonyl (C=O) groups excluding carboxylic acids is 2. The Bertz CT molecular complexity index is 1450. The lowest BCUT2D eigenvalue weighted by Crippen LogP contribution is -2.17. The first-order valence-corrected chi connectivity index (χ1v) is 11.9. The normalized spacial score (nSPS) is 14.2. The zero-order chi connectivity index (χ0) is 27.9. The van der Waals surface area contributed by atoms with E-state index in [9.17, 15) is 22.8 Å². The molecular formula is C24H22Cl2F3N7O2. The van der Waals surface area contributed by atoms with E-state index in [1.165, 1.54) is 13.1 Å². The van der Waals surface area contributed by atoms with E-state index in [0.717, 1.165) is 11.1 Å². The molecule has 2 aliphatic heterocycles.